The number of hydrogen-bond acceptors (Lipinski definition) is 6. The molecule has 1 aliphatic heterocycles. The normalized spacial score (nSPS) is 14.4. The van der Waals surface area contributed by atoms with Crippen molar-refractivity contribution in [2.75, 3.05) is 18.8 Å². The second-order valence-corrected chi connectivity index (χ2v) is 9.58. The van der Waals surface area contributed by atoms with Gasteiger partial charge in [-0.2, -0.15) is 0 Å². The van der Waals surface area contributed by atoms with Gasteiger partial charge < -0.3 is 4.90 Å². The van der Waals surface area contributed by atoms with Gasteiger partial charge in [-0.15, -0.1) is 11.3 Å². The Bertz CT molecular complexity index is 1290. The Balaban J connectivity index is 1.54. The number of benzene rings is 1. The standard InChI is InChI=1S/C23H22N4O2S2/c28-18(26-12-5-2-6-13-26)15-30-23-25-19-17-10-7-11-24-21(17)31-20(19)22(29)27(23)14-16-8-3-1-4-9-16/h1,3-4,7-11H,2,5-6,12-15H2. The minimum Gasteiger partial charge on any atom is -0.342 e. The first-order valence-electron chi connectivity index (χ1n) is 10.4. The topological polar surface area (TPSA) is 68.1 Å². The molecular weight excluding hydrogens is 428 g/mol. The molecule has 1 fully saturated rings. The number of carbonyl (C=O) groups excluding carboxylic acids is 1. The van der Waals surface area contributed by atoms with E-state index in [0.717, 1.165) is 41.7 Å². The fourth-order valence-electron chi connectivity index (χ4n) is 3.92. The smallest absolute Gasteiger partial charge is 0.272 e. The van der Waals surface area contributed by atoms with Gasteiger partial charge in [0.25, 0.3) is 5.56 Å². The van der Waals surface area contributed by atoms with Crippen molar-refractivity contribution in [3.05, 3.63) is 64.6 Å². The van der Waals surface area contributed by atoms with Gasteiger partial charge in [-0.1, -0.05) is 42.1 Å². The Morgan fingerprint density at radius 2 is 1.87 bits per heavy atom. The molecule has 0 saturated carbocycles. The molecule has 5 rings (SSSR count). The second kappa shape index (κ2) is 8.80. The third-order valence-electron chi connectivity index (χ3n) is 5.53. The van der Waals surface area contributed by atoms with E-state index in [1.54, 1.807) is 10.8 Å². The van der Waals surface area contributed by atoms with E-state index in [2.05, 4.69) is 4.98 Å². The zero-order valence-electron chi connectivity index (χ0n) is 17.0. The minimum absolute atomic E-state index is 0.0789. The lowest BCUT2D eigenvalue weighted by Gasteiger charge is -2.26. The molecule has 0 radical (unpaired) electrons. The van der Waals surface area contributed by atoms with Crippen molar-refractivity contribution in [1.82, 2.24) is 19.4 Å². The molecule has 1 aliphatic rings. The third kappa shape index (κ3) is 4.09. The summed E-state index contributed by atoms with van der Waals surface area (Å²) in [5, 5.41) is 1.46. The van der Waals surface area contributed by atoms with Crippen molar-refractivity contribution >= 4 is 49.4 Å². The van der Waals surface area contributed by atoms with Crippen LogP contribution in [0.15, 0.2) is 58.6 Å². The van der Waals surface area contributed by atoms with Crippen molar-refractivity contribution < 1.29 is 4.79 Å². The number of likely N-dealkylation sites (tertiary alicyclic amines) is 1. The highest BCUT2D eigenvalue weighted by molar-refractivity contribution is 7.99. The quantitative estimate of drug-likeness (QED) is 0.337. The molecule has 4 aromatic rings. The van der Waals surface area contributed by atoms with Gasteiger partial charge in [-0.25, -0.2) is 9.97 Å². The maximum absolute atomic E-state index is 13.5. The Kier molecular flexibility index (Phi) is 5.74. The Labute approximate surface area is 187 Å². The third-order valence-corrected chi connectivity index (χ3v) is 7.59. The summed E-state index contributed by atoms with van der Waals surface area (Å²) >= 11 is 2.73. The van der Waals surface area contributed by atoms with Gasteiger partial charge in [0, 0.05) is 24.7 Å². The number of thiophene rings is 1. The van der Waals surface area contributed by atoms with Crippen LogP contribution in [0.5, 0.6) is 0 Å². The first-order valence-corrected chi connectivity index (χ1v) is 12.2. The van der Waals surface area contributed by atoms with Crippen molar-refractivity contribution in [3.8, 4) is 0 Å². The first kappa shape index (κ1) is 20.2. The molecule has 31 heavy (non-hydrogen) atoms. The van der Waals surface area contributed by atoms with E-state index >= 15 is 0 Å². The molecule has 0 N–H and O–H groups in total. The number of thioether (sulfide) groups is 1. The molecule has 1 aromatic carbocycles. The molecule has 0 atom stereocenters. The largest absolute Gasteiger partial charge is 0.342 e. The summed E-state index contributed by atoms with van der Waals surface area (Å²) in [6, 6.07) is 13.7. The zero-order chi connectivity index (χ0) is 21.2. The summed E-state index contributed by atoms with van der Waals surface area (Å²) in [7, 11) is 0. The van der Waals surface area contributed by atoms with Crippen LogP contribution in [-0.2, 0) is 11.3 Å². The summed E-state index contributed by atoms with van der Waals surface area (Å²) in [6.45, 7) is 2.07. The number of fused-ring (bicyclic) bond motifs is 3. The Morgan fingerprint density at radius 3 is 2.68 bits per heavy atom. The molecule has 0 bridgehead atoms. The molecule has 158 valence electrons. The average Bonchev–Trinajstić information content (AvgIpc) is 3.20. The van der Waals surface area contributed by atoms with E-state index in [-0.39, 0.29) is 17.2 Å². The van der Waals surface area contributed by atoms with Crippen molar-refractivity contribution in [2.24, 2.45) is 0 Å². The van der Waals surface area contributed by atoms with Crippen LogP contribution in [-0.4, -0.2) is 44.2 Å². The lowest BCUT2D eigenvalue weighted by Crippen LogP contribution is -2.37. The molecule has 6 nitrogen and oxygen atoms in total. The van der Waals surface area contributed by atoms with Gasteiger partial charge >= 0.3 is 0 Å². The number of nitrogens with zero attached hydrogens (tertiary/aromatic N) is 4. The number of pyridine rings is 1. The van der Waals surface area contributed by atoms with Gasteiger partial charge in [-0.05, 0) is 37.0 Å². The Hall–Kier alpha value is -2.71. The predicted octanol–water partition coefficient (Wildman–Crippen LogP) is 4.16. The van der Waals surface area contributed by atoms with Crippen LogP contribution in [0.25, 0.3) is 20.4 Å². The van der Waals surface area contributed by atoms with Crippen LogP contribution in [0.3, 0.4) is 0 Å². The lowest BCUT2D eigenvalue weighted by atomic mass is 10.1. The van der Waals surface area contributed by atoms with E-state index in [0.29, 0.717) is 21.9 Å². The fraction of sp³-hybridized carbons (Fsp3) is 0.304. The van der Waals surface area contributed by atoms with E-state index in [9.17, 15) is 9.59 Å². The average molecular weight is 451 g/mol. The van der Waals surface area contributed by atoms with Crippen LogP contribution in [0.1, 0.15) is 24.8 Å². The van der Waals surface area contributed by atoms with Gasteiger partial charge in [0.05, 0.1) is 17.8 Å². The maximum Gasteiger partial charge on any atom is 0.272 e. The second-order valence-electron chi connectivity index (χ2n) is 7.64. The summed E-state index contributed by atoms with van der Waals surface area (Å²) < 4.78 is 2.30. The van der Waals surface area contributed by atoms with Crippen LogP contribution in [0, 0.1) is 0 Å². The molecule has 1 amide bonds. The number of amides is 1. The monoisotopic (exact) mass is 450 g/mol. The molecule has 4 heterocycles. The van der Waals surface area contributed by atoms with E-state index < -0.39 is 0 Å². The van der Waals surface area contributed by atoms with Gasteiger partial charge in [-0.3, -0.25) is 14.2 Å². The van der Waals surface area contributed by atoms with Crippen LogP contribution >= 0.6 is 23.1 Å². The van der Waals surface area contributed by atoms with Crippen LogP contribution in [0.4, 0.5) is 0 Å². The molecule has 8 heteroatoms. The summed E-state index contributed by atoms with van der Waals surface area (Å²) in [6.07, 6.45) is 5.04. The number of piperidine rings is 1. The number of aromatic nitrogens is 3. The number of rotatable bonds is 5. The SMILES string of the molecule is O=C(CSc1nc2c(sc3ncccc32)c(=O)n1Cc1ccccc1)N1CCCCC1. The molecule has 0 unspecified atom stereocenters. The van der Waals surface area contributed by atoms with Crippen molar-refractivity contribution in [3.63, 3.8) is 0 Å². The maximum atomic E-state index is 13.5. The van der Waals surface area contributed by atoms with E-state index in [1.165, 1.54) is 29.5 Å². The summed E-state index contributed by atoms with van der Waals surface area (Å²) in [5.74, 6) is 0.398. The van der Waals surface area contributed by atoms with Gasteiger partial charge in [0.1, 0.15) is 9.53 Å². The molecule has 3 aromatic heterocycles. The predicted molar refractivity (Wildman–Crippen MR) is 126 cm³/mol. The van der Waals surface area contributed by atoms with Gasteiger partial charge in [0.15, 0.2) is 5.16 Å². The minimum atomic E-state index is -0.0789. The Morgan fingerprint density at radius 1 is 1.06 bits per heavy atom. The lowest BCUT2D eigenvalue weighted by molar-refractivity contribution is -0.129. The van der Waals surface area contributed by atoms with E-state index in [1.807, 2.05) is 47.4 Å². The van der Waals surface area contributed by atoms with E-state index in [4.69, 9.17) is 4.98 Å². The highest BCUT2D eigenvalue weighted by Crippen LogP contribution is 2.30. The van der Waals surface area contributed by atoms with Gasteiger partial charge in [0.2, 0.25) is 5.91 Å². The number of carbonyl (C=O) groups is 1. The highest BCUT2D eigenvalue weighted by Gasteiger charge is 2.20. The fourth-order valence-corrected chi connectivity index (χ4v) is 5.84. The van der Waals surface area contributed by atoms with Crippen LogP contribution in [0.2, 0.25) is 0 Å². The van der Waals surface area contributed by atoms with Crippen LogP contribution < -0.4 is 5.56 Å². The number of hydrogen-bond donors (Lipinski definition) is 0. The molecule has 0 aliphatic carbocycles. The zero-order valence-corrected chi connectivity index (χ0v) is 18.6. The molecular formula is C23H22N4O2S2. The summed E-state index contributed by atoms with van der Waals surface area (Å²) in [5.41, 5.74) is 1.62. The first-order chi connectivity index (χ1) is 15.2. The highest BCUT2D eigenvalue weighted by atomic mass is 32.2. The summed E-state index contributed by atoms with van der Waals surface area (Å²) in [4.78, 5) is 38.2. The van der Waals surface area contributed by atoms with Crippen molar-refractivity contribution in [2.45, 2.75) is 31.0 Å². The molecule has 1 saturated heterocycles. The molecule has 0 spiro atoms. The van der Waals surface area contributed by atoms with Crippen molar-refractivity contribution in [1.29, 1.82) is 0 Å².